The average Bonchev–Trinajstić information content (AvgIpc) is 3.01. The second-order valence-corrected chi connectivity index (χ2v) is 5.22. The Hall–Kier alpha value is -1.52. The van der Waals surface area contributed by atoms with Crippen LogP contribution in [0.5, 0.6) is 0 Å². The van der Waals surface area contributed by atoms with Crippen molar-refractivity contribution < 1.29 is 8.83 Å². The van der Waals surface area contributed by atoms with Gasteiger partial charge in [-0.2, -0.15) is 0 Å². The molecule has 1 N–H and O–H groups in total. The molecule has 0 amide bonds. The summed E-state index contributed by atoms with van der Waals surface area (Å²) in [6.45, 7) is 7.75. The zero-order valence-electron chi connectivity index (χ0n) is 12.6. The predicted molar refractivity (Wildman–Crippen MR) is 79.3 cm³/mol. The van der Waals surface area contributed by atoms with Gasteiger partial charge < -0.3 is 14.2 Å². The predicted octanol–water partition coefficient (Wildman–Crippen LogP) is 3.31. The second kappa shape index (κ2) is 7.31. The molecule has 0 spiro atoms. The quantitative estimate of drug-likeness (QED) is 0.751. The van der Waals surface area contributed by atoms with E-state index < -0.39 is 0 Å². The van der Waals surface area contributed by atoms with Gasteiger partial charge in [0.15, 0.2) is 0 Å². The fraction of sp³-hybridized carbons (Fsp3) is 0.500. The minimum absolute atomic E-state index is 0.800. The van der Waals surface area contributed by atoms with Crippen LogP contribution in [0.25, 0.3) is 0 Å². The molecule has 0 saturated carbocycles. The van der Waals surface area contributed by atoms with Crippen molar-refractivity contribution in [3.63, 3.8) is 0 Å². The molecule has 2 heterocycles. The standard InChI is InChI=1S/C16H24N2O2/c1-4-7-17-10-16-15(6-9-20-16)12-18(3)11-14-5-8-19-13(14)2/h5-6,8-9,17H,4,7,10-12H2,1-3H3. The highest BCUT2D eigenvalue weighted by Gasteiger charge is 2.10. The molecule has 0 saturated heterocycles. The molecule has 0 atom stereocenters. The molecule has 4 heteroatoms. The number of aryl methyl sites for hydroxylation is 1. The number of hydrogen-bond acceptors (Lipinski definition) is 4. The Morgan fingerprint density at radius 2 is 1.80 bits per heavy atom. The molecule has 2 rings (SSSR count). The Kier molecular flexibility index (Phi) is 5.44. The van der Waals surface area contributed by atoms with E-state index in [0.29, 0.717) is 0 Å². The van der Waals surface area contributed by atoms with E-state index in [2.05, 4.69) is 30.3 Å². The summed E-state index contributed by atoms with van der Waals surface area (Å²) in [5.41, 5.74) is 2.49. The number of rotatable bonds is 8. The normalized spacial score (nSPS) is 11.4. The monoisotopic (exact) mass is 276 g/mol. The van der Waals surface area contributed by atoms with Gasteiger partial charge in [0.1, 0.15) is 11.5 Å². The maximum absolute atomic E-state index is 5.56. The summed E-state index contributed by atoms with van der Waals surface area (Å²) in [4.78, 5) is 2.27. The topological polar surface area (TPSA) is 41.6 Å². The molecule has 0 aromatic carbocycles. The van der Waals surface area contributed by atoms with Crippen molar-refractivity contribution >= 4 is 0 Å². The number of nitrogens with zero attached hydrogens (tertiary/aromatic N) is 1. The van der Waals surface area contributed by atoms with E-state index in [1.165, 1.54) is 11.1 Å². The maximum atomic E-state index is 5.56. The first-order valence-electron chi connectivity index (χ1n) is 7.18. The molecule has 0 unspecified atom stereocenters. The molecule has 0 aliphatic heterocycles. The van der Waals surface area contributed by atoms with Crippen molar-refractivity contribution in [3.8, 4) is 0 Å². The Balaban J connectivity index is 1.89. The smallest absolute Gasteiger partial charge is 0.122 e. The molecule has 4 nitrogen and oxygen atoms in total. The molecular weight excluding hydrogens is 252 g/mol. The van der Waals surface area contributed by atoms with Crippen LogP contribution in [0.3, 0.4) is 0 Å². The summed E-state index contributed by atoms with van der Waals surface area (Å²) in [6.07, 6.45) is 4.65. The van der Waals surface area contributed by atoms with E-state index in [1.54, 1.807) is 12.5 Å². The van der Waals surface area contributed by atoms with Gasteiger partial charge in [0.05, 0.1) is 19.1 Å². The molecule has 0 aliphatic carbocycles. The average molecular weight is 276 g/mol. The molecule has 110 valence electrons. The van der Waals surface area contributed by atoms with Gasteiger partial charge >= 0.3 is 0 Å². The van der Waals surface area contributed by atoms with Crippen LogP contribution in [-0.4, -0.2) is 18.5 Å². The molecular formula is C16H24N2O2. The van der Waals surface area contributed by atoms with E-state index in [-0.39, 0.29) is 0 Å². The molecule has 20 heavy (non-hydrogen) atoms. The number of nitrogens with one attached hydrogen (secondary N) is 1. The zero-order chi connectivity index (χ0) is 14.4. The summed E-state index contributed by atoms with van der Waals surface area (Å²) >= 11 is 0. The summed E-state index contributed by atoms with van der Waals surface area (Å²) in [6, 6.07) is 4.09. The van der Waals surface area contributed by atoms with Gasteiger partial charge in [-0.05, 0) is 39.1 Å². The first-order valence-corrected chi connectivity index (χ1v) is 7.18. The van der Waals surface area contributed by atoms with E-state index in [9.17, 15) is 0 Å². The lowest BCUT2D eigenvalue weighted by atomic mass is 10.2. The van der Waals surface area contributed by atoms with Crippen LogP contribution in [0.4, 0.5) is 0 Å². The van der Waals surface area contributed by atoms with Crippen LogP contribution in [0.2, 0.25) is 0 Å². The first kappa shape index (κ1) is 14.9. The first-order chi connectivity index (χ1) is 9.70. The minimum Gasteiger partial charge on any atom is -0.469 e. The molecule has 0 fully saturated rings. The van der Waals surface area contributed by atoms with Crippen LogP contribution >= 0.6 is 0 Å². The lowest BCUT2D eigenvalue weighted by molar-refractivity contribution is 0.312. The van der Waals surface area contributed by atoms with Gasteiger partial charge in [-0.25, -0.2) is 0 Å². The van der Waals surface area contributed by atoms with Crippen LogP contribution in [0.15, 0.2) is 33.5 Å². The Morgan fingerprint density at radius 3 is 2.50 bits per heavy atom. The molecule has 0 aliphatic rings. The van der Waals surface area contributed by atoms with Crippen molar-refractivity contribution in [1.82, 2.24) is 10.2 Å². The van der Waals surface area contributed by atoms with Crippen molar-refractivity contribution in [3.05, 3.63) is 47.3 Å². The van der Waals surface area contributed by atoms with Gasteiger partial charge in [0, 0.05) is 24.2 Å². The summed E-state index contributed by atoms with van der Waals surface area (Å²) < 4.78 is 10.9. The highest BCUT2D eigenvalue weighted by molar-refractivity contribution is 5.18. The summed E-state index contributed by atoms with van der Waals surface area (Å²) in [5, 5.41) is 3.38. The Morgan fingerprint density at radius 1 is 1.10 bits per heavy atom. The SMILES string of the molecule is CCCNCc1occc1CN(C)Cc1ccoc1C. The third-order valence-corrected chi connectivity index (χ3v) is 3.40. The zero-order valence-corrected chi connectivity index (χ0v) is 12.6. The molecule has 0 bridgehead atoms. The Labute approximate surface area is 120 Å². The fourth-order valence-electron chi connectivity index (χ4n) is 2.25. The second-order valence-electron chi connectivity index (χ2n) is 5.22. The molecule has 2 aromatic heterocycles. The third kappa shape index (κ3) is 3.99. The highest BCUT2D eigenvalue weighted by Crippen LogP contribution is 2.16. The van der Waals surface area contributed by atoms with Crippen molar-refractivity contribution in [2.45, 2.75) is 39.9 Å². The highest BCUT2D eigenvalue weighted by atomic mass is 16.3. The van der Waals surface area contributed by atoms with Crippen LogP contribution in [-0.2, 0) is 19.6 Å². The van der Waals surface area contributed by atoms with E-state index in [0.717, 1.165) is 44.1 Å². The van der Waals surface area contributed by atoms with Gasteiger partial charge in [-0.15, -0.1) is 0 Å². The summed E-state index contributed by atoms with van der Waals surface area (Å²) in [5.74, 6) is 2.03. The number of furan rings is 2. The minimum atomic E-state index is 0.800. The lowest BCUT2D eigenvalue weighted by Crippen LogP contribution is -2.19. The Bertz CT molecular complexity index is 516. The lowest BCUT2D eigenvalue weighted by Gasteiger charge is -2.16. The molecule has 0 radical (unpaired) electrons. The fourth-order valence-corrected chi connectivity index (χ4v) is 2.25. The van der Waals surface area contributed by atoms with Gasteiger partial charge in [-0.3, -0.25) is 4.90 Å². The van der Waals surface area contributed by atoms with Gasteiger partial charge in [0.25, 0.3) is 0 Å². The third-order valence-electron chi connectivity index (χ3n) is 3.40. The largest absolute Gasteiger partial charge is 0.469 e. The summed E-state index contributed by atoms with van der Waals surface area (Å²) in [7, 11) is 2.11. The van der Waals surface area contributed by atoms with Crippen molar-refractivity contribution in [2.24, 2.45) is 0 Å². The van der Waals surface area contributed by atoms with Crippen LogP contribution in [0.1, 0.15) is 36.0 Å². The van der Waals surface area contributed by atoms with Gasteiger partial charge in [0.2, 0.25) is 0 Å². The number of hydrogen-bond donors (Lipinski definition) is 1. The van der Waals surface area contributed by atoms with E-state index >= 15 is 0 Å². The molecule has 2 aromatic rings. The van der Waals surface area contributed by atoms with Crippen LogP contribution in [0, 0.1) is 6.92 Å². The van der Waals surface area contributed by atoms with Crippen molar-refractivity contribution in [2.75, 3.05) is 13.6 Å². The van der Waals surface area contributed by atoms with E-state index in [1.807, 2.05) is 13.0 Å². The maximum Gasteiger partial charge on any atom is 0.122 e. The van der Waals surface area contributed by atoms with Gasteiger partial charge in [-0.1, -0.05) is 6.92 Å². The van der Waals surface area contributed by atoms with E-state index in [4.69, 9.17) is 8.83 Å². The van der Waals surface area contributed by atoms with Crippen molar-refractivity contribution in [1.29, 1.82) is 0 Å². The van der Waals surface area contributed by atoms with Crippen LogP contribution < -0.4 is 5.32 Å².